The minimum absolute atomic E-state index is 0.0386. The van der Waals surface area contributed by atoms with E-state index in [1.807, 2.05) is 0 Å². The van der Waals surface area contributed by atoms with Crippen LogP contribution in [0.25, 0.3) is 0 Å². The Labute approximate surface area is 111 Å². The molecule has 0 aromatic carbocycles. The lowest BCUT2D eigenvalue weighted by Gasteiger charge is -2.20. The van der Waals surface area contributed by atoms with Gasteiger partial charge in [-0.1, -0.05) is 96.6 Å². The van der Waals surface area contributed by atoms with Crippen LogP contribution in [0.5, 0.6) is 0 Å². The average molecular weight is 254 g/mol. The zero-order valence-corrected chi connectivity index (χ0v) is 13.3. The highest BCUT2D eigenvalue weighted by Crippen LogP contribution is 2.27. The van der Waals surface area contributed by atoms with Crippen LogP contribution in [0.1, 0.15) is 83.5 Å². The molecule has 1 fully saturated rings. The highest BCUT2D eigenvalue weighted by atomic mass is 28.3. The van der Waals surface area contributed by atoms with Gasteiger partial charge < -0.3 is 0 Å². The molecule has 1 heteroatoms. The molecule has 0 N–H and O–H groups in total. The third-order valence-corrected chi connectivity index (χ3v) is 6.63. The molecule has 17 heavy (non-hydrogen) atoms. The van der Waals surface area contributed by atoms with Crippen molar-refractivity contribution in [1.82, 2.24) is 0 Å². The molecule has 0 bridgehead atoms. The Morgan fingerprint density at radius 3 is 1.12 bits per heavy atom. The maximum Gasteiger partial charge on any atom is 0.0446 e. The zero-order valence-electron chi connectivity index (χ0n) is 12.3. The van der Waals surface area contributed by atoms with Crippen LogP contribution in [0.2, 0.25) is 18.6 Å². The topological polar surface area (TPSA) is 0 Å². The van der Waals surface area contributed by atoms with E-state index in [4.69, 9.17) is 0 Å². The predicted molar refractivity (Wildman–Crippen MR) is 81.3 cm³/mol. The summed E-state index contributed by atoms with van der Waals surface area (Å²) in [6.07, 6.45) is 19.6. The van der Waals surface area contributed by atoms with Crippen molar-refractivity contribution < 1.29 is 0 Å². The molecular weight excluding hydrogens is 220 g/mol. The van der Waals surface area contributed by atoms with Crippen molar-refractivity contribution in [3.8, 4) is 0 Å². The quantitative estimate of drug-likeness (QED) is 0.488. The largest absolute Gasteiger partial charge is 0.0711 e. The van der Waals surface area contributed by atoms with Crippen LogP contribution < -0.4 is 0 Å². The summed E-state index contributed by atoms with van der Waals surface area (Å²) in [5, 5.41) is 0. The molecule has 1 aliphatic carbocycles. The van der Waals surface area contributed by atoms with E-state index in [1.54, 1.807) is 12.8 Å². The summed E-state index contributed by atoms with van der Waals surface area (Å²) in [5.74, 6) is 0. The van der Waals surface area contributed by atoms with Gasteiger partial charge in [0, 0.05) is 8.80 Å². The van der Waals surface area contributed by atoms with Gasteiger partial charge in [0.05, 0.1) is 0 Å². The van der Waals surface area contributed by atoms with Crippen LogP contribution in [0.4, 0.5) is 0 Å². The lowest BCUT2D eigenvalue weighted by atomic mass is 10.0. The number of rotatable bonds is 1. The summed E-state index contributed by atoms with van der Waals surface area (Å²) >= 11 is 0. The van der Waals surface area contributed by atoms with Gasteiger partial charge in [0.15, 0.2) is 0 Å². The molecule has 1 saturated carbocycles. The van der Waals surface area contributed by atoms with E-state index >= 15 is 0 Å². The maximum absolute atomic E-state index is 2.53. The molecule has 0 saturated heterocycles. The van der Waals surface area contributed by atoms with E-state index in [0.717, 1.165) is 5.54 Å². The average Bonchev–Trinajstić information content (AvgIpc) is 2.31. The molecule has 1 rings (SSSR count). The molecule has 0 aromatic rings. The highest BCUT2D eigenvalue weighted by Gasteiger charge is 2.13. The molecular formula is C16H33Si. The van der Waals surface area contributed by atoms with Crippen molar-refractivity contribution >= 4 is 8.80 Å². The van der Waals surface area contributed by atoms with Gasteiger partial charge in [0.2, 0.25) is 0 Å². The molecule has 0 aliphatic heterocycles. The molecule has 0 unspecified atom stereocenters. The van der Waals surface area contributed by atoms with Gasteiger partial charge in [-0.25, -0.2) is 0 Å². The summed E-state index contributed by atoms with van der Waals surface area (Å²) in [6, 6.07) is 0. The van der Waals surface area contributed by atoms with Gasteiger partial charge in [-0.2, -0.15) is 0 Å². The van der Waals surface area contributed by atoms with Gasteiger partial charge in [-0.3, -0.25) is 0 Å². The van der Waals surface area contributed by atoms with Crippen molar-refractivity contribution in [3.05, 3.63) is 0 Å². The monoisotopic (exact) mass is 253 g/mol. The van der Waals surface area contributed by atoms with Gasteiger partial charge in [0.1, 0.15) is 0 Å². The second-order valence-corrected chi connectivity index (χ2v) is 9.21. The van der Waals surface area contributed by atoms with Gasteiger partial charge in [-0.15, -0.1) is 0 Å². The Hall–Kier alpha value is 0.217. The predicted octanol–water partition coefficient (Wildman–Crippen LogP) is 6.20. The van der Waals surface area contributed by atoms with Crippen molar-refractivity contribution in [2.75, 3.05) is 0 Å². The first-order valence-electron chi connectivity index (χ1n) is 8.11. The Balaban J connectivity index is 2.24. The molecule has 1 radical (unpaired) electrons. The minimum atomic E-state index is -0.0386. The van der Waals surface area contributed by atoms with E-state index in [-0.39, 0.29) is 8.80 Å². The normalized spacial score (nSPS) is 23.5. The molecule has 0 heterocycles. The van der Waals surface area contributed by atoms with Crippen LogP contribution in [0, 0.1) is 0 Å². The summed E-state index contributed by atoms with van der Waals surface area (Å²) in [7, 11) is -0.0386. The second-order valence-electron chi connectivity index (χ2n) is 6.24. The summed E-state index contributed by atoms with van der Waals surface area (Å²) in [4.78, 5) is 0. The first-order chi connectivity index (χ1) is 8.30. The molecule has 101 valence electrons. The van der Waals surface area contributed by atoms with Crippen molar-refractivity contribution in [2.24, 2.45) is 0 Å². The van der Waals surface area contributed by atoms with Gasteiger partial charge in [-0.05, 0) is 5.54 Å². The molecule has 0 atom stereocenters. The lowest BCUT2D eigenvalue weighted by Crippen LogP contribution is -2.12. The van der Waals surface area contributed by atoms with Gasteiger partial charge >= 0.3 is 0 Å². The van der Waals surface area contributed by atoms with Gasteiger partial charge in [0.25, 0.3) is 0 Å². The fourth-order valence-electron chi connectivity index (χ4n) is 3.09. The smallest absolute Gasteiger partial charge is 0.0446 e. The lowest BCUT2D eigenvalue weighted by molar-refractivity contribution is 0.501. The van der Waals surface area contributed by atoms with E-state index in [1.165, 1.54) is 70.6 Å². The van der Waals surface area contributed by atoms with Crippen LogP contribution in [0.3, 0.4) is 0 Å². The summed E-state index contributed by atoms with van der Waals surface area (Å²) in [6.45, 7) is 5.05. The first-order valence-corrected chi connectivity index (χ1v) is 10.7. The van der Waals surface area contributed by atoms with Crippen LogP contribution >= 0.6 is 0 Å². The van der Waals surface area contributed by atoms with Crippen molar-refractivity contribution in [3.63, 3.8) is 0 Å². The Bertz CT molecular complexity index is 151. The summed E-state index contributed by atoms with van der Waals surface area (Å²) in [5.41, 5.74) is 1.11. The van der Waals surface area contributed by atoms with Crippen LogP contribution in [-0.4, -0.2) is 8.80 Å². The van der Waals surface area contributed by atoms with Crippen LogP contribution in [0.15, 0.2) is 0 Å². The maximum atomic E-state index is 2.53. The minimum Gasteiger partial charge on any atom is -0.0711 e. The van der Waals surface area contributed by atoms with E-state index < -0.39 is 0 Å². The standard InChI is InChI=1S/C16H33Si/c1-17(2)16-14-12-10-8-6-4-3-5-7-9-11-13-15-16/h16H,3-15H2,1-2H3. The van der Waals surface area contributed by atoms with E-state index in [9.17, 15) is 0 Å². The molecule has 0 aromatic heterocycles. The Kier molecular flexibility index (Phi) is 9.14. The molecule has 0 spiro atoms. The zero-order chi connectivity index (χ0) is 12.3. The second kappa shape index (κ2) is 10.2. The van der Waals surface area contributed by atoms with Crippen molar-refractivity contribution in [1.29, 1.82) is 0 Å². The Morgan fingerprint density at radius 1 is 0.529 bits per heavy atom. The van der Waals surface area contributed by atoms with E-state index in [2.05, 4.69) is 13.1 Å². The Morgan fingerprint density at radius 2 is 0.824 bits per heavy atom. The van der Waals surface area contributed by atoms with E-state index in [0.29, 0.717) is 0 Å². The fraction of sp³-hybridized carbons (Fsp3) is 1.00. The third-order valence-electron chi connectivity index (χ3n) is 4.42. The summed E-state index contributed by atoms with van der Waals surface area (Å²) < 4.78 is 0. The van der Waals surface area contributed by atoms with Crippen molar-refractivity contribution in [2.45, 2.75) is 102 Å². The third kappa shape index (κ3) is 8.02. The number of hydrogen-bond donors (Lipinski definition) is 0. The molecule has 0 nitrogen and oxygen atoms in total. The fourth-order valence-corrected chi connectivity index (χ4v) is 4.66. The number of hydrogen-bond acceptors (Lipinski definition) is 0. The highest BCUT2D eigenvalue weighted by molar-refractivity contribution is 6.57. The molecule has 1 aliphatic rings. The molecule has 0 amide bonds. The first kappa shape index (κ1) is 15.3. The van der Waals surface area contributed by atoms with Crippen LogP contribution in [-0.2, 0) is 0 Å². The SMILES string of the molecule is C[Si](C)C1CCCCCCCCCCCCC1.